The van der Waals surface area contributed by atoms with E-state index < -0.39 is 5.54 Å². The molecule has 1 aromatic carbocycles. The highest BCUT2D eigenvalue weighted by Gasteiger charge is 2.37. The third kappa shape index (κ3) is 4.39. The summed E-state index contributed by atoms with van der Waals surface area (Å²) in [6, 6.07) is 9.13. The van der Waals surface area contributed by atoms with Gasteiger partial charge in [-0.1, -0.05) is 12.1 Å². The second-order valence-electron chi connectivity index (χ2n) is 5.95. The highest BCUT2D eigenvalue weighted by Crippen LogP contribution is 2.26. The van der Waals surface area contributed by atoms with Crippen LogP contribution in [0, 0.1) is 5.82 Å². The Bertz CT molecular complexity index is 735. The minimum atomic E-state index is -1.04. The molecule has 0 aliphatic carbocycles. The maximum absolute atomic E-state index is 13.2. The van der Waals surface area contributed by atoms with E-state index >= 15 is 0 Å². The van der Waals surface area contributed by atoms with Gasteiger partial charge >= 0.3 is 0 Å². The molecule has 0 fully saturated rings. The van der Waals surface area contributed by atoms with Crippen molar-refractivity contribution >= 4 is 17.5 Å². The quantitative estimate of drug-likeness (QED) is 0.837. The molecule has 1 unspecified atom stereocenters. The fourth-order valence-electron chi connectivity index (χ4n) is 2.34. The Morgan fingerprint density at radius 2 is 1.88 bits per heavy atom. The van der Waals surface area contributed by atoms with Crippen LogP contribution in [0.1, 0.15) is 12.5 Å². The lowest BCUT2D eigenvalue weighted by Gasteiger charge is -2.35. The third-order valence-electron chi connectivity index (χ3n) is 4.10. The average Bonchev–Trinajstić information content (AvgIpc) is 2.60. The molecular formula is C18H21FN4O2. The van der Waals surface area contributed by atoms with Crippen molar-refractivity contribution < 1.29 is 14.0 Å². The van der Waals surface area contributed by atoms with E-state index in [1.54, 1.807) is 56.4 Å². The van der Waals surface area contributed by atoms with Crippen LogP contribution in [-0.2, 0) is 15.1 Å². The molecule has 2 rings (SSSR count). The van der Waals surface area contributed by atoms with Crippen LogP contribution in [0.15, 0.2) is 48.8 Å². The SMILES string of the molecule is CN(C)C(C)(C(=O)NCC(=O)Nc1cccnc1)c1ccc(F)cc1. The van der Waals surface area contributed by atoms with E-state index in [4.69, 9.17) is 0 Å². The smallest absolute Gasteiger partial charge is 0.245 e. The van der Waals surface area contributed by atoms with Crippen LogP contribution in [-0.4, -0.2) is 42.3 Å². The van der Waals surface area contributed by atoms with Gasteiger partial charge in [-0.2, -0.15) is 0 Å². The van der Waals surface area contributed by atoms with E-state index in [1.165, 1.54) is 18.3 Å². The van der Waals surface area contributed by atoms with Gasteiger partial charge in [-0.15, -0.1) is 0 Å². The second-order valence-corrected chi connectivity index (χ2v) is 5.95. The van der Waals surface area contributed by atoms with Gasteiger partial charge in [-0.25, -0.2) is 4.39 Å². The summed E-state index contributed by atoms with van der Waals surface area (Å²) in [7, 11) is 3.50. The van der Waals surface area contributed by atoms with E-state index in [1.807, 2.05) is 0 Å². The summed E-state index contributed by atoms with van der Waals surface area (Å²) in [4.78, 5) is 30.3. The number of carbonyl (C=O) groups is 2. The number of rotatable bonds is 6. The standard InChI is InChI=1S/C18H21FN4O2/c1-18(23(2)3,13-6-8-14(19)9-7-13)17(25)21-12-16(24)22-15-5-4-10-20-11-15/h4-11H,12H2,1-3H3,(H,21,25)(H,22,24). The average molecular weight is 344 g/mol. The fourth-order valence-corrected chi connectivity index (χ4v) is 2.34. The number of amides is 2. The van der Waals surface area contributed by atoms with Crippen molar-refractivity contribution in [2.24, 2.45) is 0 Å². The normalized spacial score (nSPS) is 13.2. The second kappa shape index (κ2) is 7.85. The molecule has 0 bridgehead atoms. The topological polar surface area (TPSA) is 74.3 Å². The Balaban J connectivity index is 2.05. The van der Waals surface area contributed by atoms with Gasteiger partial charge in [0.25, 0.3) is 0 Å². The lowest BCUT2D eigenvalue weighted by Crippen LogP contribution is -2.52. The molecule has 7 heteroatoms. The van der Waals surface area contributed by atoms with Crippen LogP contribution >= 0.6 is 0 Å². The number of hydrogen-bond donors (Lipinski definition) is 2. The van der Waals surface area contributed by atoms with Crippen molar-refractivity contribution in [3.05, 3.63) is 60.2 Å². The molecular weight excluding hydrogens is 323 g/mol. The Labute approximate surface area is 146 Å². The van der Waals surface area contributed by atoms with Gasteiger partial charge in [-0.3, -0.25) is 19.5 Å². The van der Waals surface area contributed by atoms with Gasteiger partial charge in [-0.05, 0) is 50.8 Å². The maximum Gasteiger partial charge on any atom is 0.245 e. The number of halogens is 1. The van der Waals surface area contributed by atoms with Gasteiger partial charge in [0.2, 0.25) is 11.8 Å². The predicted molar refractivity (Wildman–Crippen MR) is 93.3 cm³/mol. The monoisotopic (exact) mass is 344 g/mol. The number of carbonyl (C=O) groups excluding carboxylic acids is 2. The Hall–Kier alpha value is -2.80. The van der Waals surface area contributed by atoms with E-state index in [-0.39, 0.29) is 24.2 Å². The number of anilines is 1. The molecule has 0 spiro atoms. The molecule has 6 nitrogen and oxygen atoms in total. The molecule has 0 aliphatic rings. The first-order valence-electron chi connectivity index (χ1n) is 7.75. The number of nitrogens with zero attached hydrogens (tertiary/aromatic N) is 2. The molecule has 2 N–H and O–H groups in total. The summed E-state index contributed by atoms with van der Waals surface area (Å²) in [5, 5.41) is 5.28. The first-order chi connectivity index (χ1) is 11.8. The van der Waals surface area contributed by atoms with Gasteiger partial charge < -0.3 is 10.6 Å². The molecule has 132 valence electrons. The zero-order valence-electron chi connectivity index (χ0n) is 14.4. The first kappa shape index (κ1) is 18.5. The molecule has 1 aromatic heterocycles. The summed E-state index contributed by atoms with van der Waals surface area (Å²) in [5.41, 5.74) is 0.141. The van der Waals surface area contributed by atoms with Crippen molar-refractivity contribution in [1.82, 2.24) is 15.2 Å². The van der Waals surface area contributed by atoms with Gasteiger partial charge in [0, 0.05) is 6.20 Å². The summed E-state index contributed by atoms with van der Waals surface area (Å²) in [5.74, 6) is -1.09. The van der Waals surface area contributed by atoms with Crippen LogP contribution in [0.3, 0.4) is 0 Å². The Kier molecular flexibility index (Phi) is 5.82. The van der Waals surface area contributed by atoms with Crippen molar-refractivity contribution in [2.75, 3.05) is 26.0 Å². The number of pyridine rings is 1. The van der Waals surface area contributed by atoms with Crippen molar-refractivity contribution in [1.29, 1.82) is 0 Å². The molecule has 2 amide bonds. The lowest BCUT2D eigenvalue weighted by atomic mass is 9.89. The zero-order valence-corrected chi connectivity index (χ0v) is 14.4. The van der Waals surface area contributed by atoms with Crippen LogP contribution < -0.4 is 10.6 Å². The van der Waals surface area contributed by atoms with E-state index in [9.17, 15) is 14.0 Å². The number of benzene rings is 1. The minimum Gasteiger partial charge on any atom is -0.345 e. The largest absolute Gasteiger partial charge is 0.345 e. The minimum absolute atomic E-state index is 0.182. The predicted octanol–water partition coefficient (Wildman–Crippen LogP) is 1.75. The number of likely N-dealkylation sites (N-methyl/N-ethyl adjacent to an activating group) is 1. The van der Waals surface area contributed by atoms with Gasteiger partial charge in [0.15, 0.2) is 0 Å². The molecule has 2 aromatic rings. The highest BCUT2D eigenvalue weighted by molar-refractivity contribution is 5.96. The molecule has 0 saturated heterocycles. The van der Waals surface area contributed by atoms with E-state index in [2.05, 4.69) is 15.6 Å². The molecule has 1 heterocycles. The highest BCUT2D eigenvalue weighted by atomic mass is 19.1. The number of hydrogen-bond acceptors (Lipinski definition) is 4. The first-order valence-corrected chi connectivity index (χ1v) is 7.75. The maximum atomic E-state index is 13.2. The molecule has 0 aliphatic heterocycles. The molecule has 1 atom stereocenters. The summed E-state index contributed by atoms with van der Waals surface area (Å²) >= 11 is 0. The lowest BCUT2D eigenvalue weighted by molar-refractivity contribution is -0.133. The van der Waals surface area contributed by atoms with Crippen molar-refractivity contribution in [3.63, 3.8) is 0 Å². The van der Waals surface area contributed by atoms with Crippen LogP contribution in [0.5, 0.6) is 0 Å². The fraction of sp³-hybridized carbons (Fsp3) is 0.278. The van der Waals surface area contributed by atoms with Crippen LogP contribution in [0.2, 0.25) is 0 Å². The molecule has 0 saturated carbocycles. The zero-order chi connectivity index (χ0) is 18.4. The van der Waals surface area contributed by atoms with E-state index in [0.717, 1.165) is 0 Å². The summed E-state index contributed by atoms with van der Waals surface area (Å²) < 4.78 is 13.2. The van der Waals surface area contributed by atoms with E-state index in [0.29, 0.717) is 11.3 Å². The van der Waals surface area contributed by atoms with Gasteiger partial charge in [0.1, 0.15) is 11.4 Å². The Morgan fingerprint density at radius 3 is 2.44 bits per heavy atom. The summed E-state index contributed by atoms with van der Waals surface area (Å²) in [6.45, 7) is 1.53. The van der Waals surface area contributed by atoms with Crippen LogP contribution in [0.4, 0.5) is 10.1 Å². The summed E-state index contributed by atoms with van der Waals surface area (Å²) in [6.07, 6.45) is 3.12. The van der Waals surface area contributed by atoms with Crippen molar-refractivity contribution in [2.45, 2.75) is 12.5 Å². The third-order valence-corrected chi connectivity index (χ3v) is 4.10. The number of aromatic nitrogens is 1. The number of nitrogens with one attached hydrogen (secondary N) is 2. The van der Waals surface area contributed by atoms with Gasteiger partial charge in [0.05, 0.1) is 18.4 Å². The molecule has 25 heavy (non-hydrogen) atoms. The Morgan fingerprint density at radius 1 is 1.20 bits per heavy atom. The molecule has 0 radical (unpaired) electrons. The van der Waals surface area contributed by atoms with Crippen molar-refractivity contribution in [3.8, 4) is 0 Å². The van der Waals surface area contributed by atoms with Crippen LogP contribution in [0.25, 0.3) is 0 Å².